The number of hydrogen-bond acceptors (Lipinski definition) is 3. The Morgan fingerprint density at radius 2 is 2.25 bits per heavy atom. The second-order valence-electron chi connectivity index (χ2n) is 4.18. The fourth-order valence-electron chi connectivity index (χ4n) is 1.74. The standard InChI is InChI=1S/C11H13NO3S/c1-12(6-8-2-5-16-7-8)9(13)11(3-4-11)10(14)15/h2,5,7H,3-4,6H2,1H3,(H,14,15). The molecule has 0 saturated heterocycles. The second kappa shape index (κ2) is 3.90. The zero-order chi connectivity index (χ0) is 11.8. The Kier molecular flexibility index (Phi) is 2.71. The van der Waals surface area contributed by atoms with Crippen molar-refractivity contribution in [2.45, 2.75) is 19.4 Å². The highest BCUT2D eigenvalue weighted by atomic mass is 32.1. The van der Waals surface area contributed by atoms with Crippen molar-refractivity contribution >= 4 is 23.2 Å². The van der Waals surface area contributed by atoms with E-state index in [2.05, 4.69) is 0 Å². The van der Waals surface area contributed by atoms with Crippen molar-refractivity contribution < 1.29 is 14.7 Å². The average molecular weight is 239 g/mol. The van der Waals surface area contributed by atoms with Crippen LogP contribution in [0.15, 0.2) is 16.8 Å². The summed E-state index contributed by atoms with van der Waals surface area (Å²) in [5.74, 6) is -1.26. The van der Waals surface area contributed by atoms with Crippen LogP contribution in [0.25, 0.3) is 0 Å². The molecule has 4 nitrogen and oxygen atoms in total. The number of aliphatic carboxylic acids is 1. The first-order valence-electron chi connectivity index (χ1n) is 5.06. The van der Waals surface area contributed by atoms with Gasteiger partial charge in [-0.05, 0) is 35.2 Å². The zero-order valence-corrected chi connectivity index (χ0v) is 9.79. The highest BCUT2D eigenvalue weighted by Gasteiger charge is 2.58. The van der Waals surface area contributed by atoms with Crippen LogP contribution in [-0.2, 0) is 16.1 Å². The molecular formula is C11H13NO3S. The summed E-state index contributed by atoms with van der Waals surface area (Å²) in [5.41, 5.74) is -0.0767. The number of hydrogen-bond donors (Lipinski definition) is 1. The number of carbonyl (C=O) groups excluding carboxylic acids is 1. The fourth-order valence-corrected chi connectivity index (χ4v) is 2.40. The van der Waals surface area contributed by atoms with Gasteiger partial charge in [-0.25, -0.2) is 0 Å². The molecule has 1 amide bonds. The quantitative estimate of drug-likeness (QED) is 0.811. The van der Waals surface area contributed by atoms with E-state index in [1.807, 2.05) is 16.8 Å². The third-order valence-corrected chi connectivity index (χ3v) is 3.65. The second-order valence-corrected chi connectivity index (χ2v) is 4.96. The molecule has 1 saturated carbocycles. The van der Waals surface area contributed by atoms with Crippen LogP contribution in [0.5, 0.6) is 0 Å². The maximum atomic E-state index is 11.9. The lowest BCUT2D eigenvalue weighted by Gasteiger charge is -2.20. The lowest BCUT2D eigenvalue weighted by atomic mass is 10.1. The lowest BCUT2D eigenvalue weighted by molar-refractivity contribution is -0.153. The molecule has 2 rings (SSSR count). The first-order valence-corrected chi connectivity index (χ1v) is 6.00. The molecule has 1 aliphatic rings. The smallest absolute Gasteiger partial charge is 0.319 e. The molecule has 16 heavy (non-hydrogen) atoms. The number of carboxylic acid groups (broad SMARTS) is 1. The third kappa shape index (κ3) is 1.82. The van der Waals surface area contributed by atoms with Gasteiger partial charge in [-0.1, -0.05) is 0 Å². The van der Waals surface area contributed by atoms with Crippen molar-refractivity contribution in [2.75, 3.05) is 7.05 Å². The summed E-state index contributed by atoms with van der Waals surface area (Å²) in [7, 11) is 1.66. The zero-order valence-electron chi connectivity index (χ0n) is 8.97. The van der Waals surface area contributed by atoms with Crippen LogP contribution in [0.4, 0.5) is 0 Å². The van der Waals surface area contributed by atoms with Gasteiger partial charge in [0.15, 0.2) is 0 Å². The monoisotopic (exact) mass is 239 g/mol. The minimum atomic E-state index is -1.12. The first-order chi connectivity index (χ1) is 7.56. The summed E-state index contributed by atoms with van der Waals surface area (Å²) < 4.78 is 0. The molecule has 0 bridgehead atoms. The highest BCUT2D eigenvalue weighted by Crippen LogP contribution is 2.47. The summed E-state index contributed by atoms with van der Waals surface area (Å²) in [6, 6.07) is 1.94. The Hall–Kier alpha value is -1.36. The highest BCUT2D eigenvalue weighted by molar-refractivity contribution is 7.07. The van der Waals surface area contributed by atoms with Crippen molar-refractivity contribution in [1.82, 2.24) is 4.90 Å². The van der Waals surface area contributed by atoms with E-state index in [9.17, 15) is 9.59 Å². The summed E-state index contributed by atoms with van der Waals surface area (Å²) in [5, 5.41) is 12.9. The van der Waals surface area contributed by atoms with Gasteiger partial charge < -0.3 is 10.0 Å². The minimum Gasteiger partial charge on any atom is -0.480 e. The summed E-state index contributed by atoms with van der Waals surface area (Å²) >= 11 is 1.57. The molecule has 1 N–H and O–H groups in total. The van der Waals surface area contributed by atoms with Crippen molar-refractivity contribution in [3.63, 3.8) is 0 Å². The van der Waals surface area contributed by atoms with Crippen LogP contribution in [0.2, 0.25) is 0 Å². The van der Waals surface area contributed by atoms with E-state index >= 15 is 0 Å². The molecule has 86 valence electrons. The van der Waals surface area contributed by atoms with Crippen LogP contribution in [0, 0.1) is 5.41 Å². The van der Waals surface area contributed by atoms with Crippen LogP contribution in [0.3, 0.4) is 0 Å². The van der Waals surface area contributed by atoms with Gasteiger partial charge in [0.25, 0.3) is 0 Å². The molecule has 1 heterocycles. The van der Waals surface area contributed by atoms with E-state index in [0.29, 0.717) is 19.4 Å². The molecule has 1 aromatic heterocycles. The van der Waals surface area contributed by atoms with E-state index in [1.165, 1.54) is 4.90 Å². The molecule has 0 aliphatic heterocycles. The van der Waals surface area contributed by atoms with Gasteiger partial charge in [0.1, 0.15) is 5.41 Å². The molecule has 1 fully saturated rings. The van der Waals surface area contributed by atoms with E-state index in [1.54, 1.807) is 18.4 Å². The molecule has 0 spiro atoms. The largest absolute Gasteiger partial charge is 0.480 e. The number of thiophene rings is 1. The minimum absolute atomic E-state index is 0.272. The Bertz CT molecular complexity index is 409. The maximum absolute atomic E-state index is 11.9. The van der Waals surface area contributed by atoms with Gasteiger partial charge in [-0.3, -0.25) is 9.59 Å². The summed E-state index contributed by atoms with van der Waals surface area (Å²) in [6.07, 6.45) is 0.935. The normalized spacial score (nSPS) is 16.8. The van der Waals surface area contributed by atoms with Crippen molar-refractivity contribution in [1.29, 1.82) is 0 Å². The Labute approximate surface area is 97.5 Å². The van der Waals surface area contributed by atoms with Crippen LogP contribution in [0.1, 0.15) is 18.4 Å². The topological polar surface area (TPSA) is 57.6 Å². The van der Waals surface area contributed by atoms with Gasteiger partial charge in [-0.15, -0.1) is 0 Å². The lowest BCUT2D eigenvalue weighted by Crippen LogP contribution is -2.38. The van der Waals surface area contributed by atoms with Crippen molar-refractivity contribution in [3.8, 4) is 0 Å². The van der Waals surface area contributed by atoms with Crippen LogP contribution < -0.4 is 0 Å². The third-order valence-electron chi connectivity index (χ3n) is 2.92. The van der Waals surface area contributed by atoms with Gasteiger partial charge in [0, 0.05) is 13.6 Å². The molecule has 0 radical (unpaired) electrons. The average Bonchev–Trinajstić information content (AvgIpc) is 2.91. The summed E-state index contributed by atoms with van der Waals surface area (Å²) in [4.78, 5) is 24.4. The predicted octanol–water partition coefficient (Wildman–Crippen LogP) is 1.57. The SMILES string of the molecule is CN(Cc1ccsc1)C(=O)C1(C(=O)O)CC1. The molecule has 1 aliphatic carbocycles. The Balaban J connectivity index is 2.03. The van der Waals surface area contributed by atoms with E-state index < -0.39 is 11.4 Å². The van der Waals surface area contributed by atoms with E-state index in [-0.39, 0.29) is 5.91 Å². The molecule has 0 aromatic carbocycles. The Morgan fingerprint density at radius 3 is 2.69 bits per heavy atom. The number of carboxylic acids is 1. The summed E-state index contributed by atoms with van der Waals surface area (Å²) in [6.45, 7) is 0.483. The Morgan fingerprint density at radius 1 is 1.56 bits per heavy atom. The molecular weight excluding hydrogens is 226 g/mol. The first kappa shape index (κ1) is 11.1. The van der Waals surface area contributed by atoms with Gasteiger partial charge in [0.2, 0.25) is 5.91 Å². The number of amides is 1. The van der Waals surface area contributed by atoms with Gasteiger partial charge in [-0.2, -0.15) is 11.3 Å². The molecule has 5 heteroatoms. The molecule has 1 aromatic rings. The van der Waals surface area contributed by atoms with Crippen molar-refractivity contribution in [3.05, 3.63) is 22.4 Å². The van der Waals surface area contributed by atoms with Crippen molar-refractivity contribution in [2.24, 2.45) is 5.41 Å². The van der Waals surface area contributed by atoms with Gasteiger partial charge in [0.05, 0.1) is 0 Å². The fraction of sp³-hybridized carbons (Fsp3) is 0.455. The number of rotatable bonds is 4. The number of carbonyl (C=O) groups is 2. The van der Waals surface area contributed by atoms with Gasteiger partial charge >= 0.3 is 5.97 Å². The predicted molar refractivity (Wildman–Crippen MR) is 60.1 cm³/mol. The van der Waals surface area contributed by atoms with Crippen LogP contribution >= 0.6 is 11.3 Å². The van der Waals surface area contributed by atoms with E-state index in [4.69, 9.17) is 5.11 Å². The van der Waals surface area contributed by atoms with Crippen LogP contribution in [-0.4, -0.2) is 28.9 Å². The number of nitrogens with zero attached hydrogens (tertiary/aromatic N) is 1. The maximum Gasteiger partial charge on any atom is 0.319 e. The molecule has 0 atom stereocenters. The molecule has 0 unspecified atom stereocenters. The van der Waals surface area contributed by atoms with E-state index in [0.717, 1.165) is 5.56 Å².